The molecule has 0 aromatic carbocycles. The van der Waals surface area contributed by atoms with E-state index in [9.17, 15) is 4.79 Å². The highest BCUT2D eigenvalue weighted by atomic mass is 16.6. The summed E-state index contributed by atoms with van der Waals surface area (Å²) >= 11 is 0. The largest absolute Gasteiger partial charge is 0.454 e. The Kier molecular flexibility index (Phi) is 3.50. The average molecular weight is 249 g/mol. The third-order valence-electron chi connectivity index (χ3n) is 2.65. The Morgan fingerprint density at radius 2 is 2.00 bits per heavy atom. The van der Waals surface area contributed by atoms with Crippen LogP contribution >= 0.6 is 0 Å². The lowest BCUT2D eigenvalue weighted by atomic mass is 10.2. The Hall–Kier alpha value is -1.65. The maximum absolute atomic E-state index is 11.9. The molecule has 0 saturated carbocycles. The van der Waals surface area contributed by atoms with Gasteiger partial charge in [-0.2, -0.15) is 0 Å². The van der Waals surface area contributed by atoms with Crippen molar-refractivity contribution >= 4 is 11.8 Å². The highest BCUT2D eigenvalue weighted by Crippen LogP contribution is 2.17. The lowest BCUT2D eigenvalue weighted by Crippen LogP contribution is -2.26. The fourth-order valence-corrected chi connectivity index (χ4v) is 1.89. The molecule has 1 fully saturated rings. The summed E-state index contributed by atoms with van der Waals surface area (Å²) < 4.78 is 5.26. The summed E-state index contributed by atoms with van der Waals surface area (Å²) in [5, 5.41) is 0. The van der Waals surface area contributed by atoms with Crippen molar-refractivity contribution in [3.63, 3.8) is 0 Å². The van der Waals surface area contributed by atoms with Gasteiger partial charge >= 0.3 is 5.97 Å². The van der Waals surface area contributed by atoms with Crippen LogP contribution in [-0.4, -0.2) is 34.6 Å². The standard InChI is InChI=1S/C13H19N3O2/c1-13(2,3)18-12(17)11-14-7-6-10(15-11)16-8-4-5-9-16/h6-7H,4-5,8-9H2,1-3H3. The Balaban J connectivity index is 2.14. The maximum atomic E-state index is 11.9. The number of rotatable bonds is 2. The van der Waals surface area contributed by atoms with Crippen LogP contribution in [0.25, 0.3) is 0 Å². The van der Waals surface area contributed by atoms with Crippen molar-refractivity contribution in [1.29, 1.82) is 0 Å². The second kappa shape index (κ2) is 4.92. The van der Waals surface area contributed by atoms with E-state index in [1.807, 2.05) is 26.8 Å². The SMILES string of the molecule is CC(C)(C)OC(=O)c1nccc(N2CCCC2)n1. The Morgan fingerprint density at radius 1 is 1.33 bits per heavy atom. The van der Waals surface area contributed by atoms with E-state index >= 15 is 0 Å². The number of aromatic nitrogens is 2. The van der Waals surface area contributed by atoms with E-state index in [4.69, 9.17) is 4.74 Å². The first kappa shape index (κ1) is 12.8. The van der Waals surface area contributed by atoms with E-state index in [2.05, 4.69) is 14.9 Å². The number of nitrogens with zero attached hydrogens (tertiary/aromatic N) is 3. The van der Waals surface area contributed by atoms with Gasteiger partial charge in [-0.15, -0.1) is 0 Å². The molecule has 0 radical (unpaired) electrons. The fourth-order valence-electron chi connectivity index (χ4n) is 1.89. The van der Waals surface area contributed by atoms with E-state index in [-0.39, 0.29) is 5.82 Å². The zero-order chi connectivity index (χ0) is 13.2. The quantitative estimate of drug-likeness (QED) is 0.751. The molecule has 2 rings (SSSR count). The molecule has 98 valence electrons. The molecule has 0 N–H and O–H groups in total. The Labute approximate surface area is 107 Å². The van der Waals surface area contributed by atoms with Crippen LogP contribution in [0.2, 0.25) is 0 Å². The van der Waals surface area contributed by atoms with Crippen LogP contribution in [0.1, 0.15) is 44.2 Å². The van der Waals surface area contributed by atoms with Crippen molar-refractivity contribution in [3.05, 3.63) is 18.1 Å². The van der Waals surface area contributed by atoms with Gasteiger partial charge in [-0.25, -0.2) is 14.8 Å². The first-order valence-corrected chi connectivity index (χ1v) is 6.27. The molecule has 0 unspecified atom stereocenters. The van der Waals surface area contributed by atoms with Gasteiger partial charge in [-0.1, -0.05) is 0 Å². The second-order valence-electron chi connectivity index (χ2n) is 5.43. The maximum Gasteiger partial charge on any atom is 0.376 e. The van der Waals surface area contributed by atoms with E-state index in [0.717, 1.165) is 18.9 Å². The van der Waals surface area contributed by atoms with E-state index in [0.29, 0.717) is 0 Å². The van der Waals surface area contributed by atoms with Crippen molar-refractivity contribution in [1.82, 2.24) is 9.97 Å². The molecule has 0 aliphatic carbocycles. The molecule has 5 nitrogen and oxygen atoms in total. The molecule has 2 heterocycles. The number of ether oxygens (including phenoxy) is 1. The molecule has 0 amide bonds. The molecular weight excluding hydrogens is 230 g/mol. The highest BCUT2D eigenvalue weighted by molar-refractivity contribution is 5.85. The predicted octanol–water partition coefficient (Wildman–Crippen LogP) is 2.03. The number of carbonyl (C=O) groups excluding carboxylic acids is 1. The van der Waals surface area contributed by atoms with E-state index in [1.165, 1.54) is 12.8 Å². The minimum Gasteiger partial charge on any atom is -0.454 e. The highest BCUT2D eigenvalue weighted by Gasteiger charge is 2.21. The fraction of sp³-hybridized carbons (Fsp3) is 0.615. The third-order valence-corrected chi connectivity index (χ3v) is 2.65. The minimum absolute atomic E-state index is 0.134. The van der Waals surface area contributed by atoms with Gasteiger partial charge in [-0.05, 0) is 39.7 Å². The second-order valence-corrected chi connectivity index (χ2v) is 5.43. The van der Waals surface area contributed by atoms with Gasteiger partial charge in [0.2, 0.25) is 5.82 Å². The van der Waals surface area contributed by atoms with Crippen LogP contribution in [0.15, 0.2) is 12.3 Å². The van der Waals surface area contributed by atoms with Gasteiger partial charge in [0.15, 0.2) is 0 Å². The van der Waals surface area contributed by atoms with Crippen LogP contribution < -0.4 is 4.90 Å². The average Bonchev–Trinajstić information content (AvgIpc) is 2.80. The Morgan fingerprint density at radius 3 is 2.61 bits per heavy atom. The molecule has 0 spiro atoms. The molecule has 1 saturated heterocycles. The van der Waals surface area contributed by atoms with Gasteiger partial charge in [0.1, 0.15) is 11.4 Å². The van der Waals surface area contributed by atoms with Crippen LogP contribution in [0.4, 0.5) is 5.82 Å². The molecule has 1 aliphatic rings. The molecule has 0 bridgehead atoms. The third kappa shape index (κ3) is 3.18. The summed E-state index contributed by atoms with van der Waals surface area (Å²) in [4.78, 5) is 22.3. The van der Waals surface area contributed by atoms with Crippen LogP contribution in [0.5, 0.6) is 0 Å². The number of hydrogen-bond acceptors (Lipinski definition) is 5. The van der Waals surface area contributed by atoms with Gasteiger partial charge in [-0.3, -0.25) is 0 Å². The normalized spacial score (nSPS) is 15.8. The first-order valence-electron chi connectivity index (χ1n) is 6.27. The molecule has 18 heavy (non-hydrogen) atoms. The summed E-state index contributed by atoms with van der Waals surface area (Å²) in [5.74, 6) is 0.473. The lowest BCUT2D eigenvalue weighted by molar-refractivity contribution is 0.00556. The lowest BCUT2D eigenvalue weighted by Gasteiger charge is -2.20. The van der Waals surface area contributed by atoms with Gasteiger partial charge in [0.05, 0.1) is 0 Å². The predicted molar refractivity (Wildman–Crippen MR) is 68.6 cm³/mol. The van der Waals surface area contributed by atoms with Crippen LogP contribution in [0, 0.1) is 0 Å². The van der Waals surface area contributed by atoms with Crippen molar-refractivity contribution in [2.24, 2.45) is 0 Å². The molecule has 1 aliphatic heterocycles. The van der Waals surface area contributed by atoms with Crippen molar-refractivity contribution < 1.29 is 9.53 Å². The summed E-state index contributed by atoms with van der Waals surface area (Å²) in [6.45, 7) is 7.47. The smallest absolute Gasteiger partial charge is 0.376 e. The number of esters is 1. The van der Waals surface area contributed by atoms with E-state index in [1.54, 1.807) is 6.20 Å². The zero-order valence-electron chi connectivity index (χ0n) is 11.1. The molecule has 1 aromatic heterocycles. The van der Waals surface area contributed by atoms with Crippen molar-refractivity contribution in [2.75, 3.05) is 18.0 Å². The number of anilines is 1. The number of carbonyl (C=O) groups is 1. The minimum atomic E-state index is -0.524. The Bertz CT molecular complexity index is 434. The van der Waals surface area contributed by atoms with Gasteiger partial charge in [0, 0.05) is 19.3 Å². The van der Waals surface area contributed by atoms with Crippen LogP contribution in [-0.2, 0) is 4.74 Å². The topological polar surface area (TPSA) is 55.3 Å². The van der Waals surface area contributed by atoms with Crippen LogP contribution in [0.3, 0.4) is 0 Å². The number of hydrogen-bond donors (Lipinski definition) is 0. The summed E-state index contributed by atoms with van der Waals surface area (Å²) in [7, 11) is 0. The zero-order valence-corrected chi connectivity index (χ0v) is 11.1. The molecule has 1 aromatic rings. The van der Waals surface area contributed by atoms with Gasteiger partial charge < -0.3 is 9.64 Å². The van der Waals surface area contributed by atoms with Gasteiger partial charge in [0.25, 0.3) is 0 Å². The van der Waals surface area contributed by atoms with Crippen molar-refractivity contribution in [3.8, 4) is 0 Å². The van der Waals surface area contributed by atoms with E-state index < -0.39 is 11.6 Å². The van der Waals surface area contributed by atoms with Crippen molar-refractivity contribution in [2.45, 2.75) is 39.2 Å². The summed E-state index contributed by atoms with van der Waals surface area (Å²) in [6, 6.07) is 1.83. The molecule has 5 heteroatoms. The first-order chi connectivity index (χ1) is 8.46. The molecular formula is C13H19N3O2. The molecule has 0 atom stereocenters. The monoisotopic (exact) mass is 249 g/mol. The summed E-state index contributed by atoms with van der Waals surface area (Å²) in [5.41, 5.74) is -0.524. The summed E-state index contributed by atoms with van der Waals surface area (Å²) in [6.07, 6.45) is 3.96.